The van der Waals surface area contributed by atoms with Gasteiger partial charge in [0.15, 0.2) is 0 Å². The van der Waals surface area contributed by atoms with Gasteiger partial charge in [-0.25, -0.2) is 0 Å². The summed E-state index contributed by atoms with van der Waals surface area (Å²) < 4.78 is 0. The minimum Gasteiger partial charge on any atom is -0.398 e. The molecule has 0 heterocycles. The van der Waals surface area contributed by atoms with Crippen molar-refractivity contribution in [1.82, 2.24) is 5.32 Å². The summed E-state index contributed by atoms with van der Waals surface area (Å²) in [5, 5.41) is 2.94. The van der Waals surface area contributed by atoms with Gasteiger partial charge in [0.1, 0.15) is 0 Å². The van der Waals surface area contributed by atoms with Crippen LogP contribution in [0.25, 0.3) is 0 Å². The molecule has 0 fully saturated rings. The Morgan fingerprint density at radius 1 is 1.41 bits per heavy atom. The number of anilines is 1. The zero-order chi connectivity index (χ0) is 13.1. The number of nitrogen functional groups attached to an aromatic ring is 1. The molecule has 1 aromatic rings. The molecule has 0 radical (unpaired) electrons. The monoisotopic (exact) mass is 234 g/mol. The van der Waals surface area contributed by atoms with Crippen LogP contribution in [0, 0.1) is 12.3 Å². The van der Waals surface area contributed by atoms with Crippen molar-refractivity contribution in [2.45, 2.75) is 34.1 Å². The van der Waals surface area contributed by atoms with E-state index in [2.05, 4.69) is 26.1 Å². The summed E-state index contributed by atoms with van der Waals surface area (Å²) in [6, 6.07) is 5.52. The van der Waals surface area contributed by atoms with E-state index in [0.717, 1.165) is 12.0 Å². The first kappa shape index (κ1) is 13.6. The van der Waals surface area contributed by atoms with Gasteiger partial charge in [-0.2, -0.15) is 0 Å². The Labute approximate surface area is 103 Å². The summed E-state index contributed by atoms with van der Waals surface area (Å²) in [4.78, 5) is 12.0. The first-order valence-corrected chi connectivity index (χ1v) is 6.00. The normalized spacial score (nSPS) is 11.3. The van der Waals surface area contributed by atoms with E-state index in [-0.39, 0.29) is 11.3 Å². The van der Waals surface area contributed by atoms with E-state index in [1.54, 1.807) is 6.07 Å². The zero-order valence-corrected chi connectivity index (χ0v) is 11.1. The van der Waals surface area contributed by atoms with Crippen molar-refractivity contribution in [3.05, 3.63) is 29.3 Å². The van der Waals surface area contributed by atoms with Crippen molar-refractivity contribution in [3.63, 3.8) is 0 Å². The van der Waals surface area contributed by atoms with Gasteiger partial charge in [0.05, 0.1) is 5.56 Å². The number of nitrogens with one attached hydrogen (secondary N) is 1. The van der Waals surface area contributed by atoms with Crippen molar-refractivity contribution < 1.29 is 4.79 Å². The van der Waals surface area contributed by atoms with Crippen LogP contribution in [0.15, 0.2) is 18.2 Å². The lowest BCUT2D eigenvalue weighted by molar-refractivity contribution is 0.0936. The van der Waals surface area contributed by atoms with Crippen LogP contribution in [0.5, 0.6) is 0 Å². The number of hydrogen-bond donors (Lipinski definition) is 2. The summed E-state index contributed by atoms with van der Waals surface area (Å²) in [7, 11) is 0. The van der Waals surface area contributed by atoms with Crippen LogP contribution < -0.4 is 11.1 Å². The van der Waals surface area contributed by atoms with Crippen LogP contribution >= 0.6 is 0 Å². The van der Waals surface area contributed by atoms with E-state index in [9.17, 15) is 4.79 Å². The molecule has 3 nitrogen and oxygen atoms in total. The summed E-state index contributed by atoms with van der Waals surface area (Å²) in [5.74, 6) is -0.0901. The summed E-state index contributed by atoms with van der Waals surface area (Å²) in [6.45, 7) is 8.95. The molecule has 0 bridgehead atoms. The lowest BCUT2D eigenvalue weighted by Gasteiger charge is -2.23. The maximum absolute atomic E-state index is 12.0. The fourth-order valence-corrected chi connectivity index (χ4v) is 1.42. The fraction of sp³-hybridized carbons (Fsp3) is 0.500. The molecule has 0 aliphatic rings. The molecule has 1 rings (SSSR count). The van der Waals surface area contributed by atoms with Gasteiger partial charge in [0.25, 0.3) is 5.91 Å². The number of aryl methyl sites for hydroxylation is 1. The Bertz CT molecular complexity index is 411. The molecule has 0 aliphatic carbocycles. The number of carbonyl (C=O) groups excluding carboxylic acids is 1. The molecule has 3 heteroatoms. The van der Waals surface area contributed by atoms with Gasteiger partial charge in [0.2, 0.25) is 0 Å². The quantitative estimate of drug-likeness (QED) is 0.787. The van der Waals surface area contributed by atoms with Crippen LogP contribution in [-0.4, -0.2) is 12.5 Å². The van der Waals surface area contributed by atoms with Crippen molar-refractivity contribution in [2.75, 3.05) is 12.3 Å². The number of hydrogen-bond acceptors (Lipinski definition) is 2. The first-order valence-electron chi connectivity index (χ1n) is 6.00. The average molecular weight is 234 g/mol. The molecule has 0 unspecified atom stereocenters. The number of carbonyl (C=O) groups is 1. The third-order valence-electron chi connectivity index (χ3n) is 3.25. The third-order valence-corrected chi connectivity index (χ3v) is 3.25. The molecular weight excluding hydrogens is 212 g/mol. The van der Waals surface area contributed by atoms with Gasteiger partial charge in [-0.1, -0.05) is 32.9 Å². The number of nitrogens with two attached hydrogens (primary N) is 1. The molecule has 0 aliphatic heterocycles. The number of amides is 1. The second kappa shape index (κ2) is 5.21. The van der Waals surface area contributed by atoms with Gasteiger partial charge in [-0.05, 0) is 30.4 Å². The highest BCUT2D eigenvalue weighted by Gasteiger charge is 2.17. The molecule has 94 valence electrons. The van der Waals surface area contributed by atoms with Crippen LogP contribution in [-0.2, 0) is 0 Å². The highest BCUT2D eigenvalue weighted by Crippen LogP contribution is 2.19. The SMILES string of the molecule is CCC(C)(C)CNC(=O)c1cccc(C)c1N. The maximum atomic E-state index is 12.0. The lowest BCUT2D eigenvalue weighted by atomic mass is 9.90. The van der Waals surface area contributed by atoms with Gasteiger partial charge in [-0.3, -0.25) is 4.79 Å². The number of benzene rings is 1. The Morgan fingerprint density at radius 3 is 2.65 bits per heavy atom. The van der Waals surface area contributed by atoms with Gasteiger partial charge >= 0.3 is 0 Å². The Balaban J connectivity index is 2.74. The fourth-order valence-electron chi connectivity index (χ4n) is 1.42. The van der Waals surface area contributed by atoms with Crippen molar-refractivity contribution in [1.29, 1.82) is 0 Å². The molecular formula is C14H22N2O. The first-order chi connectivity index (χ1) is 7.87. The lowest BCUT2D eigenvalue weighted by Crippen LogP contribution is -2.34. The predicted molar refractivity (Wildman–Crippen MR) is 72.0 cm³/mol. The second-order valence-electron chi connectivity index (χ2n) is 5.24. The van der Waals surface area contributed by atoms with E-state index in [4.69, 9.17) is 5.73 Å². The third kappa shape index (κ3) is 3.48. The van der Waals surface area contributed by atoms with Crippen LogP contribution in [0.2, 0.25) is 0 Å². The summed E-state index contributed by atoms with van der Waals surface area (Å²) >= 11 is 0. The maximum Gasteiger partial charge on any atom is 0.253 e. The molecule has 0 atom stereocenters. The van der Waals surface area contributed by atoms with E-state index >= 15 is 0 Å². The van der Waals surface area contributed by atoms with E-state index in [1.807, 2.05) is 19.1 Å². The van der Waals surface area contributed by atoms with Gasteiger partial charge in [0, 0.05) is 12.2 Å². The van der Waals surface area contributed by atoms with Crippen molar-refractivity contribution >= 4 is 11.6 Å². The zero-order valence-electron chi connectivity index (χ0n) is 11.1. The Morgan fingerprint density at radius 2 is 2.06 bits per heavy atom. The number of para-hydroxylation sites is 1. The molecule has 1 amide bonds. The second-order valence-corrected chi connectivity index (χ2v) is 5.24. The highest BCUT2D eigenvalue weighted by molar-refractivity contribution is 5.99. The van der Waals surface area contributed by atoms with E-state index < -0.39 is 0 Å². The summed E-state index contributed by atoms with van der Waals surface area (Å²) in [6.07, 6.45) is 1.02. The summed E-state index contributed by atoms with van der Waals surface area (Å²) in [5.41, 5.74) is 8.09. The minimum atomic E-state index is -0.0901. The average Bonchev–Trinajstić information content (AvgIpc) is 2.30. The molecule has 3 N–H and O–H groups in total. The molecule has 0 saturated heterocycles. The van der Waals surface area contributed by atoms with Gasteiger partial charge in [-0.15, -0.1) is 0 Å². The van der Waals surface area contributed by atoms with E-state index in [1.165, 1.54) is 0 Å². The smallest absolute Gasteiger partial charge is 0.253 e. The highest BCUT2D eigenvalue weighted by atomic mass is 16.1. The van der Waals surface area contributed by atoms with E-state index in [0.29, 0.717) is 17.8 Å². The Hall–Kier alpha value is -1.51. The molecule has 1 aromatic carbocycles. The number of rotatable bonds is 4. The topological polar surface area (TPSA) is 55.1 Å². The largest absolute Gasteiger partial charge is 0.398 e. The minimum absolute atomic E-state index is 0.0901. The predicted octanol–water partition coefficient (Wildman–Crippen LogP) is 2.74. The van der Waals surface area contributed by atoms with Crippen LogP contribution in [0.3, 0.4) is 0 Å². The standard InChI is InChI=1S/C14H22N2O/c1-5-14(3,4)9-16-13(17)11-8-6-7-10(2)12(11)15/h6-8H,5,9,15H2,1-4H3,(H,16,17). The molecule has 0 aromatic heterocycles. The van der Waals surface area contributed by atoms with Crippen molar-refractivity contribution in [2.24, 2.45) is 5.41 Å². The van der Waals surface area contributed by atoms with Crippen molar-refractivity contribution in [3.8, 4) is 0 Å². The van der Waals surface area contributed by atoms with Crippen LogP contribution in [0.1, 0.15) is 43.1 Å². The van der Waals surface area contributed by atoms with Crippen LogP contribution in [0.4, 0.5) is 5.69 Å². The molecule has 17 heavy (non-hydrogen) atoms. The Kier molecular flexibility index (Phi) is 4.16. The van der Waals surface area contributed by atoms with Gasteiger partial charge < -0.3 is 11.1 Å². The molecule has 0 spiro atoms. The molecule has 0 saturated carbocycles.